The van der Waals surface area contributed by atoms with Crippen LogP contribution >= 0.6 is 0 Å². The van der Waals surface area contributed by atoms with Crippen molar-refractivity contribution in [3.63, 3.8) is 0 Å². The molecule has 31 heavy (non-hydrogen) atoms. The van der Waals surface area contributed by atoms with E-state index in [1.807, 2.05) is 42.2 Å². The first kappa shape index (κ1) is 20.3. The Labute approximate surface area is 184 Å². The zero-order valence-corrected chi connectivity index (χ0v) is 18.3. The molecule has 5 nitrogen and oxygen atoms in total. The van der Waals surface area contributed by atoms with Crippen LogP contribution in [-0.2, 0) is 11.3 Å². The predicted octanol–water partition coefficient (Wildman–Crippen LogP) is 3.19. The average Bonchev–Trinajstić information content (AvgIpc) is 3.41. The number of likely N-dealkylation sites (tertiary alicyclic amines) is 3. The molecule has 3 aliphatic rings. The van der Waals surface area contributed by atoms with Gasteiger partial charge < -0.3 is 9.80 Å². The van der Waals surface area contributed by atoms with E-state index in [1.54, 1.807) is 0 Å². The van der Waals surface area contributed by atoms with Gasteiger partial charge in [0.15, 0.2) is 0 Å². The zero-order chi connectivity index (χ0) is 21.4. The summed E-state index contributed by atoms with van der Waals surface area (Å²) in [7, 11) is 0. The van der Waals surface area contributed by atoms with Crippen molar-refractivity contribution >= 4 is 11.8 Å². The molecule has 5 heteroatoms. The quantitative estimate of drug-likeness (QED) is 0.767. The molecule has 3 saturated heterocycles. The standard InChI is InChI=1S/C26H31N3O2/c1-20-8-7-11-22(14-20)24(30)29-18-26(19-29)17-27(15-21-9-3-2-4-10-21)16-23(26)25(31)28-12-5-6-13-28/h2-4,7-11,14,23H,5-6,12-13,15-19H2,1H3. The highest BCUT2D eigenvalue weighted by Gasteiger charge is 2.58. The Bertz CT molecular complexity index is 962. The van der Waals surface area contributed by atoms with Gasteiger partial charge in [-0.2, -0.15) is 0 Å². The number of rotatable bonds is 4. The molecule has 0 N–H and O–H groups in total. The minimum Gasteiger partial charge on any atom is -0.342 e. The van der Waals surface area contributed by atoms with Crippen LogP contribution in [0.1, 0.15) is 34.3 Å². The van der Waals surface area contributed by atoms with Crippen LogP contribution in [0.4, 0.5) is 0 Å². The normalized spacial score (nSPS) is 22.7. The lowest BCUT2D eigenvalue weighted by molar-refractivity contribution is -0.141. The van der Waals surface area contributed by atoms with Crippen molar-refractivity contribution in [2.24, 2.45) is 11.3 Å². The lowest BCUT2D eigenvalue weighted by atomic mass is 9.70. The molecule has 1 atom stereocenters. The number of hydrogen-bond donors (Lipinski definition) is 0. The van der Waals surface area contributed by atoms with Crippen molar-refractivity contribution in [2.45, 2.75) is 26.3 Å². The highest BCUT2D eigenvalue weighted by Crippen LogP contribution is 2.46. The van der Waals surface area contributed by atoms with Crippen LogP contribution in [0.25, 0.3) is 0 Å². The minimum atomic E-state index is -0.117. The maximum absolute atomic E-state index is 13.4. The van der Waals surface area contributed by atoms with E-state index in [9.17, 15) is 9.59 Å². The molecule has 1 unspecified atom stereocenters. The topological polar surface area (TPSA) is 43.9 Å². The van der Waals surface area contributed by atoms with Gasteiger partial charge in [-0.3, -0.25) is 14.5 Å². The second-order valence-corrected chi connectivity index (χ2v) is 9.63. The Balaban J connectivity index is 1.33. The second-order valence-electron chi connectivity index (χ2n) is 9.63. The van der Waals surface area contributed by atoms with Gasteiger partial charge in [0.1, 0.15) is 0 Å². The molecular weight excluding hydrogens is 386 g/mol. The van der Waals surface area contributed by atoms with Gasteiger partial charge >= 0.3 is 0 Å². The van der Waals surface area contributed by atoms with Gasteiger partial charge in [-0.25, -0.2) is 0 Å². The first-order valence-electron chi connectivity index (χ1n) is 11.5. The highest BCUT2D eigenvalue weighted by atomic mass is 16.2. The molecule has 1 spiro atoms. The smallest absolute Gasteiger partial charge is 0.253 e. The van der Waals surface area contributed by atoms with Crippen molar-refractivity contribution in [2.75, 3.05) is 39.3 Å². The fraction of sp³-hybridized carbons (Fsp3) is 0.462. The molecule has 3 fully saturated rings. The number of nitrogens with zero attached hydrogens (tertiary/aromatic N) is 3. The molecule has 2 aromatic carbocycles. The number of amides is 2. The number of hydrogen-bond acceptors (Lipinski definition) is 3. The number of carbonyl (C=O) groups is 2. The van der Waals surface area contributed by atoms with E-state index >= 15 is 0 Å². The zero-order valence-electron chi connectivity index (χ0n) is 18.3. The Morgan fingerprint density at radius 3 is 2.39 bits per heavy atom. The molecule has 2 aromatic rings. The van der Waals surface area contributed by atoms with Crippen LogP contribution in [0.3, 0.4) is 0 Å². The van der Waals surface area contributed by atoms with Gasteiger partial charge in [-0.05, 0) is 37.5 Å². The second kappa shape index (κ2) is 8.12. The summed E-state index contributed by atoms with van der Waals surface area (Å²) >= 11 is 0. The third-order valence-corrected chi connectivity index (χ3v) is 7.25. The molecule has 0 radical (unpaired) electrons. The Hall–Kier alpha value is -2.66. The maximum atomic E-state index is 13.4. The van der Waals surface area contributed by atoms with Crippen LogP contribution in [0.5, 0.6) is 0 Å². The summed E-state index contributed by atoms with van der Waals surface area (Å²) in [6.07, 6.45) is 2.22. The first-order valence-corrected chi connectivity index (χ1v) is 11.5. The Morgan fingerprint density at radius 1 is 0.935 bits per heavy atom. The van der Waals surface area contributed by atoms with Crippen LogP contribution in [0.15, 0.2) is 54.6 Å². The number of benzene rings is 2. The molecule has 0 aromatic heterocycles. The molecule has 0 bridgehead atoms. The van der Waals surface area contributed by atoms with Gasteiger partial charge in [0.05, 0.1) is 5.92 Å². The minimum absolute atomic E-state index is 0.0177. The van der Waals surface area contributed by atoms with Crippen molar-refractivity contribution in [3.05, 3.63) is 71.3 Å². The van der Waals surface area contributed by atoms with Crippen molar-refractivity contribution < 1.29 is 9.59 Å². The van der Waals surface area contributed by atoms with Crippen LogP contribution in [-0.4, -0.2) is 65.8 Å². The van der Waals surface area contributed by atoms with Gasteiger partial charge in [-0.1, -0.05) is 48.0 Å². The summed E-state index contributed by atoms with van der Waals surface area (Å²) < 4.78 is 0. The van der Waals surface area contributed by atoms with E-state index in [1.165, 1.54) is 5.56 Å². The summed E-state index contributed by atoms with van der Waals surface area (Å²) in [5, 5.41) is 0. The molecule has 2 amide bonds. The largest absolute Gasteiger partial charge is 0.342 e. The molecule has 162 valence electrons. The third kappa shape index (κ3) is 3.87. The van der Waals surface area contributed by atoms with E-state index in [0.717, 1.165) is 56.7 Å². The fourth-order valence-corrected chi connectivity index (χ4v) is 5.67. The van der Waals surface area contributed by atoms with Crippen LogP contribution in [0.2, 0.25) is 0 Å². The highest BCUT2D eigenvalue weighted by molar-refractivity contribution is 5.95. The van der Waals surface area contributed by atoms with Gasteiger partial charge in [0.2, 0.25) is 5.91 Å². The van der Waals surface area contributed by atoms with Gasteiger partial charge in [0, 0.05) is 56.8 Å². The molecule has 3 aliphatic heterocycles. The average molecular weight is 418 g/mol. The Kier molecular flexibility index (Phi) is 5.30. The molecule has 3 heterocycles. The van der Waals surface area contributed by atoms with E-state index in [4.69, 9.17) is 0 Å². The summed E-state index contributed by atoms with van der Waals surface area (Å²) in [6, 6.07) is 18.3. The lowest BCUT2D eigenvalue weighted by Gasteiger charge is -2.51. The fourth-order valence-electron chi connectivity index (χ4n) is 5.67. The van der Waals surface area contributed by atoms with Gasteiger partial charge in [-0.15, -0.1) is 0 Å². The van der Waals surface area contributed by atoms with E-state index < -0.39 is 0 Å². The third-order valence-electron chi connectivity index (χ3n) is 7.25. The maximum Gasteiger partial charge on any atom is 0.253 e. The summed E-state index contributed by atoms with van der Waals surface area (Å²) in [4.78, 5) is 32.9. The monoisotopic (exact) mass is 417 g/mol. The van der Waals surface area contributed by atoms with Crippen molar-refractivity contribution in [1.29, 1.82) is 0 Å². The summed E-state index contributed by atoms with van der Waals surface area (Å²) in [5.74, 6) is 0.370. The predicted molar refractivity (Wildman–Crippen MR) is 121 cm³/mol. The summed E-state index contributed by atoms with van der Waals surface area (Å²) in [5.41, 5.74) is 3.00. The SMILES string of the molecule is Cc1cccc(C(=O)N2CC3(CN(Cc4ccccc4)CC3C(=O)N3CCCC3)C2)c1. The number of carbonyl (C=O) groups excluding carboxylic acids is 2. The van der Waals surface area contributed by atoms with Gasteiger partial charge in [0.25, 0.3) is 5.91 Å². The summed E-state index contributed by atoms with van der Waals surface area (Å²) in [6.45, 7) is 7.66. The van der Waals surface area contributed by atoms with E-state index in [-0.39, 0.29) is 17.2 Å². The van der Waals surface area contributed by atoms with E-state index in [0.29, 0.717) is 19.0 Å². The van der Waals surface area contributed by atoms with E-state index in [2.05, 4.69) is 34.1 Å². The Morgan fingerprint density at radius 2 is 1.68 bits per heavy atom. The number of aryl methyl sites for hydroxylation is 1. The lowest BCUT2D eigenvalue weighted by Crippen LogP contribution is -2.64. The first-order chi connectivity index (χ1) is 15.0. The molecule has 0 saturated carbocycles. The van der Waals surface area contributed by atoms with Crippen LogP contribution < -0.4 is 0 Å². The van der Waals surface area contributed by atoms with Crippen molar-refractivity contribution in [3.8, 4) is 0 Å². The molecule has 5 rings (SSSR count). The van der Waals surface area contributed by atoms with Crippen molar-refractivity contribution in [1.82, 2.24) is 14.7 Å². The molecule has 0 aliphatic carbocycles. The van der Waals surface area contributed by atoms with Crippen LogP contribution in [0, 0.1) is 18.3 Å². The molecular formula is C26H31N3O2.